The Morgan fingerprint density at radius 2 is 2.21 bits per heavy atom. The van der Waals surface area contributed by atoms with Crippen LogP contribution in [0.15, 0.2) is 16.6 Å². The third-order valence-electron chi connectivity index (χ3n) is 1.69. The first-order valence-corrected chi connectivity index (χ1v) is 4.61. The first-order chi connectivity index (χ1) is 6.54. The van der Waals surface area contributed by atoms with Crippen LogP contribution in [0.25, 0.3) is 0 Å². The number of carboxylic acids is 1. The first-order valence-electron chi connectivity index (χ1n) is 3.81. The fourth-order valence-corrected chi connectivity index (χ4v) is 1.52. The van der Waals surface area contributed by atoms with E-state index < -0.39 is 5.97 Å². The third kappa shape index (κ3) is 2.38. The Balaban J connectivity index is 3.13. The number of rotatable bonds is 3. The molecule has 0 amide bonds. The summed E-state index contributed by atoms with van der Waals surface area (Å²) < 4.78 is 5.36. The zero-order chi connectivity index (χ0) is 10.7. The molecule has 0 aliphatic heterocycles. The number of carboxylic acid groups (broad SMARTS) is 1. The van der Waals surface area contributed by atoms with E-state index in [2.05, 4.69) is 15.9 Å². The number of aromatic hydroxyl groups is 1. The van der Waals surface area contributed by atoms with Crippen molar-refractivity contribution < 1.29 is 19.7 Å². The Kier molecular flexibility index (Phi) is 3.35. The molecule has 1 rings (SSSR count). The van der Waals surface area contributed by atoms with Gasteiger partial charge in [-0.15, -0.1) is 0 Å². The Hall–Kier alpha value is -1.23. The minimum Gasteiger partial charge on any atom is -0.506 e. The molecule has 0 aliphatic carbocycles. The molecule has 0 aliphatic rings. The lowest BCUT2D eigenvalue weighted by molar-refractivity contribution is -0.136. The number of benzene rings is 1. The van der Waals surface area contributed by atoms with Gasteiger partial charge in [0, 0.05) is 5.56 Å². The van der Waals surface area contributed by atoms with Crippen LogP contribution in [0, 0.1) is 0 Å². The predicted molar refractivity (Wildman–Crippen MR) is 53.7 cm³/mol. The normalized spacial score (nSPS) is 9.86. The summed E-state index contributed by atoms with van der Waals surface area (Å²) in [7, 11) is 1.48. The maximum absolute atomic E-state index is 10.5. The van der Waals surface area contributed by atoms with E-state index in [1.807, 2.05) is 0 Å². The van der Waals surface area contributed by atoms with E-state index in [4.69, 9.17) is 9.84 Å². The third-order valence-corrected chi connectivity index (χ3v) is 2.30. The maximum atomic E-state index is 10.5. The number of hydrogen-bond acceptors (Lipinski definition) is 3. The topological polar surface area (TPSA) is 66.8 Å². The van der Waals surface area contributed by atoms with E-state index in [-0.39, 0.29) is 12.2 Å². The molecule has 0 aromatic heterocycles. The van der Waals surface area contributed by atoms with Gasteiger partial charge in [0.25, 0.3) is 0 Å². The molecular weight excluding hydrogens is 252 g/mol. The van der Waals surface area contributed by atoms with Crippen LogP contribution in [0.1, 0.15) is 5.56 Å². The number of phenols is 1. The van der Waals surface area contributed by atoms with E-state index in [0.717, 1.165) is 0 Å². The van der Waals surface area contributed by atoms with E-state index in [0.29, 0.717) is 15.8 Å². The summed E-state index contributed by atoms with van der Waals surface area (Å²) in [5.41, 5.74) is 0.323. The second-order valence-corrected chi connectivity index (χ2v) is 3.54. The molecule has 76 valence electrons. The Bertz CT molecular complexity index is 362. The Morgan fingerprint density at radius 1 is 1.57 bits per heavy atom. The molecule has 0 heterocycles. The van der Waals surface area contributed by atoms with Crippen molar-refractivity contribution in [3.05, 3.63) is 22.2 Å². The second-order valence-electron chi connectivity index (χ2n) is 2.69. The van der Waals surface area contributed by atoms with Crippen molar-refractivity contribution in [1.82, 2.24) is 0 Å². The van der Waals surface area contributed by atoms with E-state index >= 15 is 0 Å². The molecule has 0 unspecified atom stereocenters. The van der Waals surface area contributed by atoms with E-state index in [9.17, 15) is 9.90 Å². The highest BCUT2D eigenvalue weighted by atomic mass is 79.9. The number of hydrogen-bond donors (Lipinski definition) is 2. The zero-order valence-electron chi connectivity index (χ0n) is 7.45. The first kappa shape index (κ1) is 10.8. The van der Waals surface area contributed by atoms with Crippen LogP contribution in [0.4, 0.5) is 0 Å². The molecule has 14 heavy (non-hydrogen) atoms. The summed E-state index contributed by atoms with van der Waals surface area (Å²) in [6, 6.07) is 3.06. The Labute approximate surface area is 89.3 Å². The summed E-state index contributed by atoms with van der Waals surface area (Å²) in [4.78, 5) is 10.5. The Morgan fingerprint density at radius 3 is 2.71 bits per heavy atom. The average Bonchev–Trinajstić information content (AvgIpc) is 2.11. The second kappa shape index (κ2) is 4.32. The molecule has 5 heteroatoms. The van der Waals surface area contributed by atoms with Crippen LogP contribution in [-0.2, 0) is 11.2 Å². The van der Waals surface area contributed by atoms with Crippen molar-refractivity contribution in [2.75, 3.05) is 7.11 Å². The highest BCUT2D eigenvalue weighted by molar-refractivity contribution is 9.10. The van der Waals surface area contributed by atoms with Crippen molar-refractivity contribution in [3.8, 4) is 11.5 Å². The lowest BCUT2D eigenvalue weighted by atomic mass is 10.1. The molecule has 2 N–H and O–H groups in total. The highest BCUT2D eigenvalue weighted by Gasteiger charge is 2.11. The average molecular weight is 261 g/mol. The number of carbonyl (C=O) groups is 1. The molecule has 0 bridgehead atoms. The van der Waals surface area contributed by atoms with E-state index in [1.165, 1.54) is 13.2 Å². The van der Waals surface area contributed by atoms with Gasteiger partial charge in [-0.3, -0.25) is 4.79 Å². The van der Waals surface area contributed by atoms with Gasteiger partial charge < -0.3 is 14.9 Å². The summed E-state index contributed by atoms with van der Waals surface area (Å²) >= 11 is 3.10. The predicted octanol–water partition coefficient (Wildman–Crippen LogP) is 1.79. The van der Waals surface area contributed by atoms with Crippen molar-refractivity contribution in [2.45, 2.75) is 6.42 Å². The van der Waals surface area contributed by atoms with Gasteiger partial charge in [0.05, 0.1) is 18.0 Å². The molecule has 1 aromatic carbocycles. The smallest absolute Gasteiger partial charge is 0.307 e. The minimum absolute atomic E-state index is 0.0619. The van der Waals surface area contributed by atoms with Crippen LogP contribution in [0.3, 0.4) is 0 Å². The highest BCUT2D eigenvalue weighted by Crippen LogP contribution is 2.32. The number of phenolic OH excluding ortho intramolecular Hbond substituents is 1. The monoisotopic (exact) mass is 260 g/mol. The summed E-state index contributed by atoms with van der Waals surface area (Å²) in [6.07, 6.45) is -0.234. The zero-order valence-corrected chi connectivity index (χ0v) is 9.04. The van der Waals surface area contributed by atoms with Crippen molar-refractivity contribution in [2.24, 2.45) is 0 Å². The van der Waals surface area contributed by atoms with Gasteiger partial charge in [0.15, 0.2) is 0 Å². The molecule has 1 aromatic rings. The van der Waals surface area contributed by atoms with Gasteiger partial charge in [-0.25, -0.2) is 0 Å². The summed E-state index contributed by atoms with van der Waals surface area (Å²) in [6.45, 7) is 0. The van der Waals surface area contributed by atoms with Gasteiger partial charge >= 0.3 is 5.97 Å². The molecule has 0 fully saturated rings. The maximum Gasteiger partial charge on any atom is 0.307 e. The largest absolute Gasteiger partial charge is 0.506 e. The molecule has 0 spiro atoms. The van der Waals surface area contributed by atoms with Crippen LogP contribution in [0.5, 0.6) is 11.5 Å². The van der Waals surface area contributed by atoms with Gasteiger partial charge in [-0.1, -0.05) is 0 Å². The van der Waals surface area contributed by atoms with Crippen LogP contribution in [-0.4, -0.2) is 23.3 Å². The molecule has 0 radical (unpaired) electrons. The van der Waals surface area contributed by atoms with Gasteiger partial charge in [0.1, 0.15) is 11.5 Å². The van der Waals surface area contributed by atoms with Crippen molar-refractivity contribution in [1.29, 1.82) is 0 Å². The van der Waals surface area contributed by atoms with Crippen molar-refractivity contribution >= 4 is 21.9 Å². The number of halogens is 1. The standard InChI is InChI=1S/C9H9BrO4/c1-14-6-2-5(3-8(11)12)9(13)7(10)4-6/h2,4,13H,3H2,1H3,(H,11,12). The fraction of sp³-hybridized carbons (Fsp3) is 0.222. The quantitative estimate of drug-likeness (QED) is 0.870. The van der Waals surface area contributed by atoms with Crippen LogP contribution < -0.4 is 4.74 Å². The molecule has 0 saturated heterocycles. The molecule has 0 atom stereocenters. The van der Waals surface area contributed by atoms with Crippen LogP contribution in [0.2, 0.25) is 0 Å². The lowest BCUT2D eigenvalue weighted by Crippen LogP contribution is -2.01. The summed E-state index contributed by atoms with van der Waals surface area (Å²) in [5.74, 6) is -0.556. The fourth-order valence-electron chi connectivity index (χ4n) is 1.04. The summed E-state index contributed by atoms with van der Waals surface area (Å²) in [5, 5.41) is 18.1. The van der Waals surface area contributed by atoms with Gasteiger partial charge in [-0.2, -0.15) is 0 Å². The molecule has 0 saturated carbocycles. The van der Waals surface area contributed by atoms with Gasteiger partial charge in [-0.05, 0) is 28.1 Å². The number of aliphatic carboxylic acids is 1. The number of ether oxygens (including phenoxy) is 1. The van der Waals surface area contributed by atoms with E-state index in [1.54, 1.807) is 6.07 Å². The number of methoxy groups -OCH3 is 1. The molecular formula is C9H9BrO4. The SMILES string of the molecule is COc1cc(Br)c(O)c(CC(=O)O)c1. The molecule has 4 nitrogen and oxygen atoms in total. The lowest BCUT2D eigenvalue weighted by Gasteiger charge is -2.07. The van der Waals surface area contributed by atoms with Crippen LogP contribution >= 0.6 is 15.9 Å². The van der Waals surface area contributed by atoms with Gasteiger partial charge in [0.2, 0.25) is 0 Å². The van der Waals surface area contributed by atoms with Crippen molar-refractivity contribution in [3.63, 3.8) is 0 Å². The minimum atomic E-state index is -1.000.